The number of thioether (sulfide) groups is 1. The molecule has 2 rings (SSSR count). The third-order valence-corrected chi connectivity index (χ3v) is 3.40. The van der Waals surface area contributed by atoms with Crippen LogP contribution in [0.3, 0.4) is 0 Å². The molecule has 0 spiro atoms. The van der Waals surface area contributed by atoms with Gasteiger partial charge in [-0.1, -0.05) is 0 Å². The largest absolute Gasteiger partial charge is 0.394 e. The van der Waals surface area contributed by atoms with E-state index in [0.717, 1.165) is 4.90 Å². The monoisotopic (exact) mass is 258 g/mol. The Bertz CT molecular complexity index is 450. The first-order valence-electron chi connectivity index (χ1n) is 5.22. The van der Waals surface area contributed by atoms with Crippen molar-refractivity contribution in [1.82, 2.24) is 9.55 Å². The van der Waals surface area contributed by atoms with Crippen LogP contribution in [0, 0.1) is 0 Å². The van der Waals surface area contributed by atoms with Crippen molar-refractivity contribution in [1.29, 1.82) is 0 Å². The lowest BCUT2D eigenvalue weighted by Gasteiger charge is -2.14. The molecule has 0 aliphatic carbocycles. The molecule has 7 heteroatoms. The summed E-state index contributed by atoms with van der Waals surface area (Å²) in [6.07, 6.45) is 3.36. The Hall–Kier alpha value is -0.890. The van der Waals surface area contributed by atoms with Gasteiger partial charge in [-0.05, 0) is 6.26 Å². The van der Waals surface area contributed by atoms with Crippen molar-refractivity contribution in [2.75, 3.05) is 12.9 Å². The minimum Gasteiger partial charge on any atom is -0.394 e. The fourth-order valence-corrected chi connectivity index (χ4v) is 2.15. The molecule has 0 bridgehead atoms. The Balaban J connectivity index is 2.26. The molecule has 1 aromatic rings. The fraction of sp³-hybridized carbons (Fsp3) is 0.600. The topological polar surface area (TPSA) is 84.6 Å². The lowest BCUT2D eigenvalue weighted by molar-refractivity contribution is -0.0461. The van der Waals surface area contributed by atoms with Crippen LogP contribution in [-0.4, -0.2) is 44.8 Å². The molecule has 1 aliphatic rings. The Morgan fingerprint density at radius 3 is 3.06 bits per heavy atom. The van der Waals surface area contributed by atoms with Crippen molar-refractivity contribution >= 4 is 11.8 Å². The van der Waals surface area contributed by atoms with Crippen molar-refractivity contribution < 1.29 is 14.9 Å². The number of nitrogens with zero attached hydrogens (tertiary/aromatic N) is 2. The van der Waals surface area contributed by atoms with E-state index in [4.69, 9.17) is 9.84 Å². The summed E-state index contributed by atoms with van der Waals surface area (Å²) in [5.41, 5.74) is -0.418. The average molecular weight is 258 g/mol. The summed E-state index contributed by atoms with van der Waals surface area (Å²) in [4.78, 5) is 16.2. The zero-order valence-corrected chi connectivity index (χ0v) is 10.1. The van der Waals surface area contributed by atoms with Crippen molar-refractivity contribution in [3.63, 3.8) is 0 Å². The third kappa shape index (κ3) is 2.52. The van der Waals surface area contributed by atoms with Crippen LogP contribution in [0.1, 0.15) is 12.6 Å². The molecule has 0 amide bonds. The van der Waals surface area contributed by atoms with Crippen LogP contribution in [0.25, 0.3) is 0 Å². The number of aromatic nitrogens is 2. The molecular weight excluding hydrogens is 244 g/mol. The molecule has 3 atom stereocenters. The van der Waals surface area contributed by atoms with Gasteiger partial charge in [0, 0.05) is 23.7 Å². The predicted molar refractivity (Wildman–Crippen MR) is 61.9 cm³/mol. The Labute approximate surface area is 102 Å². The third-order valence-electron chi connectivity index (χ3n) is 2.72. The Morgan fingerprint density at radius 1 is 1.71 bits per heavy atom. The van der Waals surface area contributed by atoms with Crippen molar-refractivity contribution in [2.45, 2.75) is 29.8 Å². The van der Waals surface area contributed by atoms with E-state index >= 15 is 0 Å². The maximum absolute atomic E-state index is 11.6. The van der Waals surface area contributed by atoms with E-state index in [2.05, 4.69) is 4.98 Å². The van der Waals surface area contributed by atoms with Gasteiger partial charge >= 0.3 is 5.69 Å². The summed E-state index contributed by atoms with van der Waals surface area (Å²) in [6, 6.07) is 0. The maximum atomic E-state index is 11.6. The van der Waals surface area contributed by atoms with E-state index in [1.165, 1.54) is 22.5 Å². The Morgan fingerprint density at radius 2 is 2.47 bits per heavy atom. The second-order valence-corrected chi connectivity index (χ2v) is 4.68. The van der Waals surface area contributed by atoms with Crippen molar-refractivity contribution in [3.05, 3.63) is 22.9 Å². The standard InChI is InChI=1S/C10H14N2O4S/c1-17-6-3-11-10(15)12(4-6)9-2-7(14)8(5-13)16-9/h3-4,7-9,13-14H,2,5H2,1H3/t7-,8+,9-/m0/s1. The molecular formula is C10H14N2O4S. The summed E-state index contributed by atoms with van der Waals surface area (Å²) >= 11 is 1.47. The highest BCUT2D eigenvalue weighted by molar-refractivity contribution is 7.98. The molecule has 2 heterocycles. The minimum absolute atomic E-state index is 0.262. The summed E-state index contributed by atoms with van der Waals surface area (Å²) in [7, 11) is 0. The summed E-state index contributed by atoms with van der Waals surface area (Å²) in [6.45, 7) is -0.262. The summed E-state index contributed by atoms with van der Waals surface area (Å²) in [5.74, 6) is 0. The van der Waals surface area contributed by atoms with E-state index in [1.54, 1.807) is 6.20 Å². The van der Waals surface area contributed by atoms with Gasteiger partial charge in [-0.3, -0.25) is 4.57 Å². The molecule has 17 heavy (non-hydrogen) atoms. The van der Waals surface area contributed by atoms with Gasteiger partial charge in [0.15, 0.2) is 0 Å². The highest BCUT2D eigenvalue weighted by Crippen LogP contribution is 2.27. The predicted octanol–water partition coefficient (Wildman–Crippen LogP) is -0.394. The molecule has 6 nitrogen and oxygen atoms in total. The van der Waals surface area contributed by atoms with Crippen LogP contribution in [-0.2, 0) is 4.74 Å². The lowest BCUT2D eigenvalue weighted by Crippen LogP contribution is -2.27. The summed E-state index contributed by atoms with van der Waals surface area (Å²) in [5, 5.41) is 18.6. The number of hydrogen-bond donors (Lipinski definition) is 2. The molecule has 1 aliphatic heterocycles. The van der Waals surface area contributed by atoms with E-state index < -0.39 is 24.1 Å². The maximum Gasteiger partial charge on any atom is 0.349 e. The zero-order valence-electron chi connectivity index (χ0n) is 9.31. The molecule has 0 radical (unpaired) electrons. The molecule has 0 unspecified atom stereocenters. The van der Waals surface area contributed by atoms with E-state index in [-0.39, 0.29) is 13.0 Å². The van der Waals surface area contributed by atoms with Crippen LogP contribution in [0.15, 0.2) is 22.1 Å². The summed E-state index contributed by atoms with van der Waals surface area (Å²) < 4.78 is 6.75. The Kier molecular flexibility index (Phi) is 3.82. The van der Waals surface area contributed by atoms with Crippen LogP contribution < -0.4 is 5.69 Å². The first-order valence-corrected chi connectivity index (χ1v) is 6.44. The van der Waals surface area contributed by atoms with Crippen LogP contribution in [0.5, 0.6) is 0 Å². The van der Waals surface area contributed by atoms with E-state index in [9.17, 15) is 9.90 Å². The second-order valence-electron chi connectivity index (χ2n) is 3.80. The van der Waals surface area contributed by atoms with Crippen molar-refractivity contribution in [2.24, 2.45) is 0 Å². The zero-order chi connectivity index (χ0) is 12.4. The van der Waals surface area contributed by atoms with Gasteiger partial charge in [-0.2, -0.15) is 0 Å². The number of ether oxygens (including phenoxy) is 1. The van der Waals surface area contributed by atoms with Crippen LogP contribution in [0.4, 0.5) is 0 Å². The van der Waals surface area contributed by atoms with Gasteiger partial charge in [0.1, 0.15) is 12.3 Å². The number of aliphatic hydroxyl groups excluding tert-OH is 2. The molecule has 94 valence electrons. The normalized spacial score (nSPS) is 28.5. The van der Waals surface area contributed by atoms with Gasteiger partial charge in [0.2, 0.25) is 0 Å². The molecule has 2 N–H and O–H groups in total. The van der Waals surface area contributed by atoms with Gasteiger partial charge < -0.3 is 14.9 Å². The first kappa shape index (κ1) is 12.6. The van der Waals surface area contributed by atoms with E-state index in [0.29, 0.717) is 0 Å². The van der Waals surface area contributed by atoms with Crippen molar-refractivity contribution in [3.8, 4) is 0 Å². The smallest absolute Gasteiger partial charge is 0.349 e. The highest BCUT2D eigenvalue weighted by Gasteiger charge is 2.34. The van der Waals surface area contributed by atoms with Crippen LogP contribution in [0.2, 0.25) is 0 Å². The highest BCUT2D eigenvalue weighted by atomic mass is 32.2. The number of aliphatic hydroxyl groups is 2. The van der Waals surface area contributed by atoms with E-state index in [1.807, 2.05) is 6.26 Å². The number of rotatable bonds is 3. The fourth-order valence-electron chi connectivity index (χ4n) is 1.77. The first-order chi connectivity index (χ1) is 8.15. The van der Waals surface area contributed by atoms with Gasteiger partial charge in [0.05, 0.1) is 12.7 Å². The molecule has 0 saturated carbocycles. The van der Waals surface area contributed by atoms with Crippen LogP contribution >= 0.6 is 11.8 Å². The minimum atomic E-state index is -0.755. The average Bonchev–Trinajstić information content (AvgIpc) is 2.71. The molecule has 1 fully saturated rings. The molecule has 1 saturated heterocycles. The van der Waals surface area contributed by atoms with Gasteiger partial charge in [0.25, 0.3) is 0 Å². The number of hydrogen-bond acceptors (Lipinski definition) is 6. The molecule has 1 aromatic heterocycles. The quantitative estimate of drug-likeness (QED) is 0.718. The molecule has 0 aromatic carbocycles. The van der Waals surface area contributed by atoms with Gasteiger partial charge in [-0.25, -0.2) is 9.78 Å². The lowest BCUT2D eigenvalue weighted by atomic mass is 10.2. The SMILES string of the molecule is CSc1cnc(=O)n([C@@H]2C[C@H](O)[C@@H](CO)O2)c1. The second kappa shape index (κ2) is 5.18. The van der Waals surface area contributed by atoms with Gasteiger partial charge in [-0.15, -0.1) is 11.8 Å².